The quantitative estimate of drug-likeness (QED) is 0.554. The predicted octanol–water partition coefficient (Wildman–Crippen LogP) is 4.19. The van der Waals surface area contributed by atoms with Gasteiger partial charge in [-0.25, -0.2) is 4.98 Å². The SMILES string of the molecule is CN(C)c1ccc(NC(=S)NCCc2ccc3c(n2)NCCC3)c2ccccc12. The number of anilines is 3. The molecule has 1 aromatic heterocycles. The van der Waals surface area contributed by atoms with Crippen LogP contribution in [-0.4, -0.2) is 37.3 Å². The second-order valence-electron chi connectivity index (χ2n) is 7.54. The Morgan fingerprint density at radius 3 is 2.76 bits per heavy atom. The molecule has 0 radical (unpaired) electrons. The average Bonchev–Trinajstić information content (AvgIpc) is 2.73. The van der Waals surface area contributed by atoms with Gasteiger partial charge in [-0.15, -0.1) is 0 Å². The number of hydrogen-bond donors (Lipinski definition) is 3. The number of fused-ring (bicyclic) bond motifs is 2. The third kappa shape index (κ3) is 4.43. The summed E-state index contributed by atoms with van der Waals surface area (Å²) in [5.41, 5.74) is 4.60. The van der Waals surface area contributed by atoms with E-state index in [1.807, 2.05) is 0 Å². The zero-order valence-corrected chi connectivity index (χ0v) is 17.8. The lowest BCUT2D eigenvalue weighted by molar-refractivity contribution is 0.798. The molecule has 3 aromatic rings. The topological polar surface area (TPSA) is 52.2 Å². The Kier molecular flexibility index (Phi) is 5.81. The minimum atomic E-state index is 0.629. The van der Waals surface area contributed by atoms with Crippen molar-refractivity contribution < 1.29 is 0 Å². The van der Waals surface area contributed by atoms with Crippen LogP contribution in [0.3, 0.4) is 0 Å². The van der Waals surface area contributed by atoms with Crippen molar-refractivity contribution in [2.75, 3.05) is 42.7 Å². The number of nitrogens with one attached hydrogen (secondary N) is 3. The summed E-state index contributed by atoms with van der Waals surface area (Å²) in [7, 11) is 4.12. The lowest BCUT2D eigenvalue weighted by atomic mass is 10.1. The third-order valence-corrected chi connectivity index (χ3v) is 5.50. The molecule has 29 heavy (non-hydrogen) atoms. The zero-order chi connectivity index (χ0) is 20.2. The fourth-order valence-electron chi connectivity index (χ4n) is 3.76. The summed E-state index contributed by atoms with van der Waals surface area (Å²) in [6.07, 6.45) is 3.12. The standard InChI is InChI=1S/C23H27N5S/c1-28(2)21-12-11-20(18-7-3-4-8-19(18)21)27-23(29)25-15-13-17-10-9-16-6-5-14-24-22(16)26-17/h3-4,7-12H,5-6,13-15H2,1-2H3,(H,24,26)(H2,25,27,29). The van der Waals surface area contributed by atoms with E-state index in [0.717, 1.165) is 48.5 Å². The molecule has 1 aliphatic heterocycles. The molecule has 0 amide bonds. The van der Waals surface area contributed by atoms with Gasteiger partial charge in [-0.2, -0.15) is 0 Å². The van der Waals surface area contributed by atoms with Gasteiger partial charge in [0.15, 0.2) is 5.11 Å². The number of nitrogens with zero attached hydrogens (tertiary/aromatic N) is 2. The van der Waals surface area contributed by atoms with Crippen molar-refractivity contribution in [1.82, 2.24) is 10.3 Å². The molecule has 0 bridgehead atoms. The Labute approximate surface area is 177 Å². The molecule has 1 aliphatic rings. The number of rotatable bonds is 5. The van der Waals surface area contributed by atoms with Crippen molar-refractivity contribution in [2.45, 2.75) is 19.3 Å². The zero-order valence-electron chi connectivity index (χ0n) is 17.0. The van der Waals surface area contributed by atoms with E-state index in [-0.39, 0.29) is 0 Å². The van der Waals surface area contributed by atoms with Crippen LogP contribution in [0.15, 0.2) is 48.5 Å². The van der Waals surface area contributed by atoms with E-state index in [2.05, 4.69) is 83.5 Å². The van der Waals surface area contributed by atoms with Crippen molar-refractivity contribution in [3.8, 4) is 0 Å². The number of thiocarbonyl (C=S) groups is 1. The van der Waals surface area contributed by atoms with Gasteiger partial charge < -0.3 is 20.9 Å². The maximum Gasteiger partial charge on any atom is 0.170 e. The highest BCUT2D eigenvalue weighted by Crippen LogP contribution is 2.31. The maximum absolute atomic E-state index is 5.53. The minimum absolute atomic E-state index is 0.629. The molecule has 0 fully saturated rings. The number of aromatic nitrogens is 1. The van der Waals surface area contributed by atoms with E-state index in [1.165, 1.54) is 23.1 Å². The van der Waals surface area contributed by atoms with Crippen molar-refractivity contribution >= 4 is 45.3 Å². The van der Waals surface area contributed by atoms with E-state index in [9.17, 15) is 0 Å². The van der Waals surface area contributed by atoms with Gasteiger partial charge in [0, 0.05) is 61.4 Å². The monoisotopic (exact) mass is 405 g/mol. The largest absolute Gasteiger partial charge is 0.377 e. The first-order valence-corrected chi connectivity index (χ1v) is 10.5. The fraction of sp³-hybridized carbons (Fsp3) is 0.304. The first-order chi connectivity index (χ1) is 14.1. The molecule has 0 unspecified atom stereocenters. The molecule has 5 nitrogen and oxygen atoms in total. The van der Waals surface area contributed by atoms with Crippen LogP contribution in [0.1, 0.15) is 17.7 Å². The Morgan fingerprint density at radius 1 is 1.10 bits per heavy atom. The number of benzene rings is 2. The molecular weight excluding hydrogens is 378 g/mol. The van der Waals surface area contributed by atoms with Gasteiger partial charge in [0.2, 0.25) is 0 Å². The molecule has 4 rings (SSSR count). The van der Waals surface area contributed by atoms with Crippen LogP contribution in [-0.2, 0) is 12.8 Å². The molecule has 0 aliphatic carbocycles. The van der Waals surface area contributed by atoms with Crippen LogP contribution >= 0.6 is 12.2 Å². The minimum Gasteiger partial charge on any atom is -0.377 e. The molecule has 0 atom stereocenters. The normalized spacial score (nSPS) is 12.8. The highest BCUT2D eigenvalue weighted by Gasteiger charge is 2.11. The average molecular weight is 406 g/mol. The lowest BCUT2D eigenvalue weighted by Gasteiger charge is -2.19. The summed E-state index contributed by atoms with van der Waals surface area (Å²) in [5.74, 6) is 1.04. The summed E-state index contributed by atoms with van der Waals surface area (Å²) in [6.45, 7) is 1.75. The van der Waals surface area contributed by atoms with Gasteiger partial charge in [-0.05, 0) is 48.8 Å². The number of pyridine rings is 1. The van der Waals surface area contributed by atoms with E-state index in [0.29, 0.717) is 5.11 Å². The van der Waals surface area contributed by atoms with E-state index < -0.39 is 0 Å². The van der Waals surface area contributed by atoms with Crippen LogP contribution < -0.4 is 20.9 Å². The molecule has 150 valence electrons. The van der Waals surface area contributed by atoms with E-state index in [4.69, 9.17) is 17.2 Å². The molecule has 2 aromatic carbocycles. The molecule has 0 spiro atoms. The van der Waals surface area contributed by atoms with Gasteiger partial charge in [0.05, 0.1) is 0 Å². The fourth-order valence-corrected chi connectivity index (χ4v) is 3.97. The van der Waals surface area contributed by atoms with Gasteiger partial charge in [-0.3, -0.25) is 0 Å². The third-order valence-electron chi connectivity index (χ3n) is 5.25. The molecule has 2 heterocycles. The van der Waals surface area contributed by atoms with Crippen molar-refractivity contribution in [3.63, 3.8) is 0 Å². The second kappa shape index (κ2) is 8.66. The second-order valence-corrected chi connectivity index (χ2v) is 7.95. The van der Waals surface area contributed by atoms with Gasteiger partial charge >= 0.3 is 0 Å². The summed E-state index contributed by atoms with van der Waals surface area (Å²) in [4.78, 5) is 6.87. The summed E-state index contributed by atoms with van der Waals surface area (Å²) in [5, 5.41) is 13.0. The van der Waals surface area contributed by atoms with Crippen molar-refractivity contribution in [1.29, 1.82) is 0 Å². The van der Waals surface area contributed by atoms with Crippen LogP contribution in [0.2, 0.25) is 0 Å². The molecule has 3 N–H and O–H groups in total. The predicted molar refractivity (Wildman–Crippen MR) is 127 cm³/mol. The molecule has 0 saturated heterocycles. The maximum atomic E-state index is 5.53. The smallest absolute Gasteiger partial charge is 0.170 e. The molecule has 0 saturated carbocycles. The Morgan fingerprint density at radius 2 is 1.93 bits per heavy atom. The number of aryl methyl sites for hydroxylation is 1. The number of hydrogen-bond acceptors (Lipinski definition) is 4. The summed E-state index contributed by atoms with van der Waals surface area (Å²) >= 11 is 5.53. The van der Waals surface area contributed by atoms with Crippen LogP contribution in [0.4, 0.5) is 17.2 Å². The summed E-state index contributed by atoms with van der Waals surface area (Å²) in [6, 6.07) is 16.9. The van der Waals surface area contributed by atoms with Crippen LogP contribution in [0.5, 0.6) is 0 Å². The Bertz CT molecular complexity index is 1030. The van der Waals surface area contributed by atoms with E-state index in [1.54, 1.807) is 0 Å². The Balaban J connectivity index is 1.38. The van der Waals surface area contributed by atoms with Crippen molar-refractivity contribution in [2.24, 2.45) is 0 Å². The van der Waals surface area contributed by atoms with E-state index >= 15 is 0 Å². The van der Waals surface area contributed by atoms with Gasteiger partial charge in [-0.1, -0.05) is 30.3 Å². The highest BCUT2D eigenvalue weighted by atomic mass is 32.1. The summed E-state index contributed by atoms with van der Waals surface area (Å²) < 4.78 is 0. The van der Waals surface area contributed by atoms with Crippen LogP contribution in [0, 0.1) is 0 Å². The van der Waals surface area contributed by atoms with Crippen molar-refractivity contribution in [3.05, 3.63) is 59.8 Å². The molecular formula is C23H27N5S. The first-order valence-electron chi connectivity index (χ1n) is 10.1. The first kappa shape index (κ1) is 19.5. The molecule has 6 heteroatoms. The Hall–Kier alpha value is -2.86. The highest BCUT2D eigenvalue weighted by molar-refractivity contribution is 7.80. The van der Waals surface area contributed by atoms with Gasteiger partial charge in [0.25, 0.3) is 0 Å². The van der Waals surface area contributed by atoms with Gasteiger partial charge in [0.1, 0.15) is 5.82 Å². The van der Waals surface area contributed by atoms with Crippen LogP contribution in [0.25, 0.3) is 10.8 Å². The lowest BCUT2D eigenvalue weighted by Crippen LogP contribution is -2.30.